The van der Waals surface area contributed by atoms with Gasteiger partial charge in [0.15, 0.2) is 0 Å². The number of nitrogens with one attached hydrogen (secondary N) is 1. The number of carbonyl (C=O) groups is 1. The van der Waals surface area contributed by atoms with E-state index in [1.807, 2.05) is 24.3 Å². The Morgan fingerprint density at radius 3 is 2.84 bits per heavy atom. The van der Waals surface area contributed by atoms with Crippen LogP contribution < -0.4 is 11.1 Å². The van der Waals surface area contributed by atoms with Crippen LogP contribution in [0.4, 0.5) is 0 Å². The lowest BCUT2D eigenvalue weighted by molar-refractivity contribution is 0.0953. The van der Waals surface area contributed by atoms with Crippen LogP contribution in [0.3, 0.4) is 0 Å². The zero-order chi connectivity index (χ0) is 13.5. The third-order valence-corrected chi connectivity index (χ3v) is 3.54. The number of benzene rings is 1. The molecule has 1 amide bonds. The van der Waals surface area contributed by atoms with Gasteiger partial charge in [0.1, 0.15) is 0 Å². The summed E-state index contributed by atoms with van der Waals surface area (Å²) in [6, 6.07) is 7.69. The molecule has 0 saturated carbocycles. The smallest absolute Gasteiger partial charge is 0.251 e. The van der Waals surface area contributed by atoms with Crippen molar-refractivity contribution in [2.24, 2.45) is 5.73 Å². The molecule has 3 heteroatoms. The van der Waals surface area contributed by atoms with Gasteiger partial charge in [-0.1, -0.05) is 29.8 Å². The summed E-state index contributed by atoms with van der Waals surface area (Å²) in [5.74, 6) is 0.0163. The van der Waals surface area contributed by atoms with Crippen LogP contribution in [0.2, 0.25) is 0 Å². The van der Waals surface area contributed by atoms with Crippen molar-refractivity contribution in [3.05, 3.63) is 47.0 Å². The monoisotopic (exact) mass is 258 g/mol. The first kappa shape index (κ1) is 13.8. The second kappa shape index (κ2) is 7.10. The third-order valence-electron chi connectivity index (χ3n) is 3.54. The molecule has 0 heterocycles. The second-order valence-electron chi connectivity index (χ2n) is 4.96. The minimum absolute atomic E-state index is 0.0163. The van der Waals surface area contributed by atoms with Crippen LogP contribution in [0.5, 0.6) is 0 Å². The molecule has 0 radical (unpaired) electrons. The van der Waals surface area contributed by atoms with Crippen molar-refractivity contribution in [2.45, 2.75) is 32.1 Å². The highest BCUT2D eigenvalue weighted by atomic mass is 16.1. The van der Waals surface area contributed by atoms with Crippen molar-refractivity contribution >= 4 is 5.91 Å². The first-order chi connectivity index (χ1) is 9.31. The van der Waals surface area contributed by atoms with Crippen molar-refractivity contribution in [3.8, 4) is 0 Å². The zero-order valence-corrected chi connectivity index (χ0v) is 11.3. The Kier molecular flexibility index (Phi) is 5.16. The van der Waals surface area contributed by atoms with Gasteiger partial charge in [-0.25, -0.2) is 0 Å². The molecule has 0 aliphatic heterocycles. The van der Waals surface area contributed by atoms with Crippen LogP contribution in [0, 0.1) is 0 Å². The first-order valence-corrected chi connectivity index (χ1v) is 7.05. The van der Waals surface area contributed by atoms with Crippen molar-refractivity contribution in [2.75, 3.05) is 13.1 Å². The Labute approximate surface area is 114 Å². The van der Waals surface area contributed by atoms with E-state index in [1.54, 1.807) is 0 Å². The number of rotatable bonds is 6. The standard InChI is InChI=1S/C16H22N2O/c17-11-9-14-7-3-4-8-15(14)16(19)18-12-10-13-5-1-2-6-13/h3-5,7-8H,1-2,6,9-12,17H2,(H,18,19). The average molecular weight is 258 g/mol. The van der Waals surface area contributed by atoms with E-state index in [0.29, 0.717) is 6.54 Å². The maximum atomic E-state index is 12.1. The lowest BCUT2D eigenvalue weighted by atomic mass is 10.0. The summed E-state index contributed by atoms with van der Waals surface area (Å²) in [6.07, 6.45) is 7.68. The number of carbonyl (C=O) groups excluding carboxylic acids is 1. The van der Waals surface area contributed by atoms with Gasteiger partial charge in [-0.15, -0.1) is 0 Å². The summed E-state index contributed by atoms with van der Waals surface area (Å²) in [4.78, 5) is 12.1. The van der Waals surface area contributed by atoms with Gasteiger partial charge in [-0.3, -0.25) is 4.79 Å². The normalized spacial score (nSPS) is 14.3. The number of hydrogen-bond acceptors (Lipinski definition) is 2. The topological polar surface area (TPSA) is 55.1 Å². The zero-order valence-electron chi connectivity index (χ0n) is 11.3. The third kappa shape index (κ3) is 3.93. The second-order valence-corrected chi connectivity index (χ2v) is 4.96. The number of amides is 1. The van der Waals surface area contributed by atoms with Gasteiger partial charge in [-0.05, 0) is 50.3 Å². The Morgan fingerprint density at radius 2 is 2.11 bits per heavy atom. The molecule has 0 unspecified atom stereocenters. The SMILES string of the molecule is NCCc1ccccc1C(=O)NCCC1=CCCC1. The van der Waals surface area contributed by atoms with Crippen LogP contribution in [-0.4, -0.2) is 19.0 Å². The van der Waals surface area contributed by atoms with Gasteiger partial charge in [0.2, 0.25) is 0 Å². The van der Waals surface area contributed by atoms with Gasteiger partial charge >= 0.3 is 0 Å². The Balaban J connectivity index is 1.88. The van der Waals surface area contributed by atoms with E-state index in [0.717, 1.165) is 30.5 Å². The lowest BCUT2D eigenvalue weighted by Crippen LogP contribution is -2.26. The van der Waals surface area contributed by atoms with E-state index in [2.05, 4.69) is 11.4 Å². The maximum Gasteiger partial charge on any atom is 0.251 e. The minimum atomic E-state index is 0.0163. The van der Waals surface area contributed by atoms with Crippen molar-refractivity contribution in [1.82, 2.24) is 5.32 Å². The largest absolute Gasteiger partial charge is 0.352 e. The Bertz CT molecular complexity index is 466. The fraction of sp³-hybridized carbons (Fsp3) is 0.438. The molecule has 0 aromatic heterocycles. The van der Waals surface area contributed by atoms with E-state index in [1.165, 1.54) is 24.8 Å². The molecule has 1 aliphatic rings. The van der Waals surface area contributed by atoms with Gasteiger partial charge in [0, 0.05) is 12.1 Å². The number of hydrogen-bond donors (Lipinski definition) is 2. The van der Waals surface area contributed by atoms with Crippen molar-refractivity contribution < 1.29 is 4.79 Å². The molecular formula is C16H22N2O. The van der Waals surface area contributed by atoms with Gasteiger partial charge < -0.3 is 11.1 Å². The molecule has 0 saturated heterocycles. The Morgan fingerprint density at radius 1 is 1.26 bits per heavy atom. The molecule has 3 nitrogen and oxygen atoms in total. The Hall–Kier alpha value is -1.61. The van der Waals surface area contributed by atoms with Gasteiger partial charge in [0.05, 0.1) is 0 Å². The van der Waals surface area contributed by atoms with E-state index < -0.39 is 0 Å². The number of allylic oxidation sites excluding steroid dienone is 1. The summed E-state index contributed by atoms with van der Waals surface area (Å²) in [5.41, 5.74) is 8.84. The van der Waals surface area contributed by atoms with Crippen molar-refractivity contribution in [3.63, 3.8) is 0 Å². The molecule has 102 valence electrons. The minimum Gasteiger partial charge on any atom is -0.352 e. The molecular weight excluding hydrogens is 236 g/mol. The lowest BCUT2D eigenvalue weighted by Gasteiger charge is -2.09. The quantitative estimate of drug-likeness (QED) is 0.770. The predicted molar refractivity (Wildman–Crippen MR) is 78.1 cm³/mol. The van der Waals surface area contributed by atoms with E-state index in [4.69, 9.17) is 5.73 Å². The van der Waals surface area contributed by atoms with E-state index >= 15 is 0 Å². The molecule has 1 aliphatic carbocycles. The van der Waals surface area contributed by atoms with Crippen LogP contribution in [0.15, 0.2) is 35.9 Å². The molecule has 1 aromatic carbocycles. The van der Waals surface area contributed by atoms with Crippen LogP contribution in [0.25, 0.3) is 0 Å². The van der Waals surface area contributed by atoms with E-state index in [-0.39, 0.29) is 5.91 Å². The van der Waals surface area contributed by atoms with Crippen LogP contribution in [-0.2, 0) is 6.42 Å². The fourth-order valence-electron chi connectivity index (χ4n) is 2.51. The number of nitrogens with two attached hydrogens (primary N) is 1. The van der Waals surface area contributed by atoms with Gasteiger partial charge in [0.25, 0.3) is 5.91 Å². The summed E-state index contributed by atoms with van der Waals surface area (Å²) in [5, 5.41) is 3.00. The summed E-state index contributed by atoms with van der Waals surface area (Å²) < 4.78 is 0. The molecule has 3 N–H and O–H groups in total. The van der Waals surface area contributed by atoms with E-state index in [9.17, 15) is 4.79 Å². The fourth-order valence-corrected chi connectivity index (χ4v) is 2.51. The molecule has 2 rings (SSSR count). The highest BCUT2D eigenvalue weighted by molar-refractivity contribution is 5.95. The molecule has 19 heavy (non-hydrogen) atoms. The first-order valence-electron chi connectivity index (χ1n) is 7.05. The molecule has 1 aromatic rings. The predicted octanol–water partition coefficient (Wildman–Crippen LogP) is 2.42. The summed E-state index contributed by atoms with van der Waals surface area (Å²) in [7, 11) is 0. The van der Waals surface area contributed by atoms with Crippen molar-refractivity contribution in [1.29, 1.82) is 0 Å². The molecule has 0 atom stereocenters. The molecule has 0 spiro atoms. The average Bonchev–Trinajstić information content (AvgIpc) is 2.93. The molecule has 0 fully saturated rings. The molecule has 0 bridgehead atoms. The van der Waals surface area contributed by atoms with Crippen LogP contribution in [0.1, 0.15) is 41.6 Å². The van der Waals surface area contributed by atoms with Gasteiger partial charge in [-0.2, -0.15) is 0 Å². The van der Waals surface area contributed by atoms with Crippen LogP contribution >= 0.6 is 0 Å². The summed E-state index contributed by atoms with van der Waals surface area (Å²) in [6.45, 7) is 1.29. The maximum absolute atomic E-state index is 12.1. The highest BCUT2D eigenvalue weighted by Gasteiger charge is 2.10. The highest BCUT2D eigenvalue weighted by Crippen LogP contribution is 2.19. The summed E-state index contributed by atoms with van der Waals surface area (Å²) >= 11 is 0.